The summed E-state index contributed by atoms with van der Waals surface area (Å²) in [4.78, 5) is 25.4. The molecule has 0 aliphatic carbocycles. The molecule has 1 aliphatic rings. The number of hydrogen-bond acceptors (Lipinski definition) is 4. The zero-order valence-electron chi connectivity index (χ0n) is 11.4. The van der Waals surface area contributed by atoms with Gasteiger partial charge in [0.05, 0.1) is 5.69 Å². The zero-order chi connectivity index (χ0) is 15.0. The Kier molecular flexibility index (Phi) is 3.17. The smallest absolute Gasteiger partial charge is 0.326 e. The molecule has 1 amide bonds. The number of carboxylic acids is 1. The van der Waals surface area contributed by atoms with Crippen molar-refractivity contribution in [3.8, 4) is 0 Å². The molecule has 108 valence electrons. The third-order valence-electron chi connectivity index (χ3n) is 3.72. The molecule has 0 fully saturated rings. The second kappa shape index (κ2) is 5.01. The standard InChI is InChI=1S/C14H14N4O3/c1-8-12(16-17-15-8)13(19)18-7-10-5-3-2-4-9(10)6-11(18)14(20)21/h2-5,11H,6-7H2,1H3,(H,20,21)(H,15,16,17). The van der Waals surface area contributed by atoms with E-state index >= 15 is 0 Å². The monoisotopic (exact) mass is 286 g/mol. The van der Waals surface area contributed by atoms with Gasteiger partial charge in [0.25, 0.3) is 5.91 Å². The van der Waals surface area contributed by atoms with Gasteiger partial charge in [-0.05, 0) is 18.1 Å². The van der Waals surface area contributed by atoms with E-state index in [2.05, 4.69) is 15.4 Å². The summed E-state index contributed by atoms with van der Waals surface area (Å²) in [5, 5.41) is 19.4. The maximum atomic E-state index is 12.5. The molecule has 0 bridgehead atoms. The molecular formula is C14H14N4O3. The molecule has 1 unspecified atom stereocenters. The Morgan fingerprint density at radius 1 is 1.29 bits per heavy atom. The largest absolute Gasteiger partial charge is 0.480 e. The average Bonchev–Trinajstić information content (AvgIpc) is 2.91. The maximum absolute atomic E-state index is 12.5. The Morgan fingerprint density at radius 2 is 2.00 bits per heavy atom. The minimum Gasteiger partial charge on any atom is -0.480 e. The van der Waals surface area contributed by atoms with E-state index in [1.807, 2.05) is 24.3 Å². The quantitative estimate of drug-likeness (QED) is 0.849. The van der Waals surface area contributed by atoms with Crippen molar-refractivity contribution < 1.29 is 14.7 Å². The average molecular weight is 286 g/mol. The van der Waals surface area contributed by atoms with Crippen molar-refractivity contribution in [2.24, 2.45) is 0 Å². The van der Waals surface area contributed by atoms with Crippen LogP contribution in [-0.2, 0) is 17.8 Å². The summed E-state index contributed by atoms with van der Waals surface area (Å²) in [5.74, 6) is -1.43. The molecule has 0 radical (unpaired) electrons. The van der Waals surface area contributed by atoms with E-state index in [1.54, 1.807) is 6.92 Å². The summed E-state index contributed by atoms with van der Waals surface area (Å²) < 4.78 is 0. The second-order valence-corrected chi connectivity index (χ2v) is 5.02. The fourth-order valence-corrected chi connectivity index (χ4v) is 2.58. The molecule has 1 aromatic heterocycles. The van der Waals surface area contributed by atoms with Crippen molar-refractivity contribution in [3.63, 3.8) is 0 Å². The van der Waals surface area contributed by atoms with Crippen molar-refractivity contribution >= 4 is 11.9 Å². The van der Waals surface area contributed by atoms with Crippen molar-refractivity contribution in [2.45, 2.75) is 25.9 Å². The van der Waals surface area contributed by atoms with Gasteiger partial charge in [-0.2, -0.15) is 15.4 Å². The van der Waals surface area contributed by atoms with Crippen molar-refractivity contribution in [1.82, 2.24) is 20.3 Å². The Labute approximate surface area is 120 Å². The molecule has 0 saturated carbocycles. The molecule has 1 atom stereocenters. The number of benzene rings is 1. The van der Waals surface area contributed by atoms with Crippen LogP contribution in [0.3, 0.4) is 0 Å². The highest BCUT2D eigenvalue weighted by Gasteiger charge is 2.36. The first-order valence-electron chi connectivity index (χ1n) is 6.56. The molecule has 2 N–H and O–H groups in total. The molecule has 2 heterocycles. The van der Waals surface area contributed by atoms with Crippen LogP contribution < -0.4 is 0 Å². The number of H-pyrrole nitrogens is 1. The first-order chi connectivity index (χ1) is 10.1. The summed E-state index contributed by atoms with van der Waals surface area (Å²) in [6, 6.07) is 6.67. The number of amides is 1. The highest BCUT2D eigenvalue weighted by molar-refractivity contribution is 5.96. The number of hydrogen-bond donors (Lipinski definition) is 2. The number of aromatic amines is 1. The number of carboxylic acid groups (broad SMARTS) is 1. The molecule has 1 aliphatic heterocycles. The first-order valence-corrected chi connectivity index (χ1v) is 6.56. The lowest BCUT2D eigenvalue weighted by Gasteiger charge is -2.34. The summed E-state index contributed by atoms with van der Waals surface area (Å²) >= 11 is 0. The minimum absolute atomic E-state index is 0.167. The molecular weight excluding hydrogens is 272 g/mol. The molecule has 7 nitrogen and oxygen atoms in total. The van der Waals surface area contributed by atoms with Crippen LogP contribution in [0.2, 0.25) is 0 Å². The van der Waals surface area contributed by atoms with Gasteiger partial charge in [0.2, 0.25) is 0 Å². The van der Waals surface area contributed by atoms with Crippen LogP contribution in [0.15, 0.2) is 24.3 Å². The van der Waals surface area contributed by atoms with E-state index in [-0.39, 0.29) is 12.2 Å². The maximum Gasteiger partial charge on any atom is 0.326 e. The summed E-state index contributed by atoms with van der Waals surface area (Å²) in [6.45, 7) is 1.92. The zero-order valence-corrected chi connectivity index (χ0v) is 11.4. The lowest BCUT2D eigenvalue weighted by atomic mass is 9.93. The van der Waals surface area contributed by atoms with Gasteiger partial charge in [0.15, 0.2) is 5.69 Å². The van der Waals surface area contributed by atoms with Gasteiger partial charge in [-0.3, -0.25) is 4.79 Å². The number of nitrogens with one attached hydrogen (secondary N) is 1. The van der Waals surface area contributed by atoms with Crippen LogP contribution in [0.5, 0.6) is 0 Å². The van der Waals surface area contributed by atoms with Crippen LogP contribution in [0.25, 0.3) is 0 Å². The lowest BCUT2D eigenvalue weighted by molar-refractivity contribution is -0.142. The SMILES string of the molecule is Cc1n[nH]nc1C(=O)N1Cc2ccccc2CC1C(=O)O. The molecule has 3 rings (SSSR count). The lowest BCUT2D eigenvalue weighted by Crippen LogP contribution is -2.48. The number of nitrogens with zero attached hydrogens (tertiary/aromatic N) is 3. The Hall–Kier alpha value is -2.70. The topological polar surface area (TPSA) is 99.2 Å². The van der Waals surface area contributed by atoms with Crippen LogP contribution >= 0.6 is 0 Å². The normalized spacial score (nSPS) is 17.4. The van der Waals surface area contributed by atoms with Gasteiger partial charge >= 0.3 is 5.97 Å². The number of rotatable bonds is 2. The van der Waals surface area contributed by atoms with Crippen LogP contribution in [0, 0.1) is 6.92 Å². The van der Waals surface area contributed by atoms with E-state index in [1.165, 1.54) is 4.90 Å². The van der Waals surface area contributed by atoms with Gasteiger partial charge in [-0.1, -0.05) is 24.3 Å². The first kappa shape index (κ1) is 13.3. The summed E-state index contributed by atoms with van der Waals surface area (Å²) in [6.07, 6.45) is 0.300. The van der Waals surface area contributed by atoms with E-state index in [4.69, 9.17) is 0 Å². The second-order valence-electron chi connectivity index (χ2n) is 5.02. The fraction of sp³-hybridized carbons (Fsp3) is 0.286. The van der Waals surface area contributed by atoms with Crippen LogP contribution in [0.4, 0.5) is 0 Å². The molecule has 7 heteroatoms. The number of aromatic nitrogens is 3. The molecule has 2 aromatic rings. The van der Waals surface area contributed by atoms with Crippen LogP contribution in [-0.4, -0.2) is 43.3 Å². The van der Waals surface area contributed by atoms with E-state index in [0.29, 0.717) is 12.1 Å². The van der Waals surface area contributed by atoms with Crippen LogP contribution in [0.1, 0.15) is 27.3 Å². The minimum atomic E-state index is -1.01. The Balaban J connectivity index is 1.98. The van der Waals surface area contributed by atoms with Crippen molar-refractivity contribution in [3.05, 3.63) is 46.8 Å². The molecule has 21 heavy (non-hydrogen) atoms. The fourth-order valence-electron chi connectivity index (χ4n) is 2.58. The predicted octanol–water partition coefficient (Wildman–Crippen LogP) is 0.765. The van der Waals surface area contributed by atoms with Gasteiger partial charge in [0, 0.05) is 13.0 Å². The number of carbonyl (C=O) groups is 2. The summed E-state index contributed by atoms with van der Waals surface area (Å²) in [5.41, 5.74) is 2.55. The third-order valence-corrected chi connectivity index (χ3v) is 3.72. The Bertz CT molecular complexity index is 710. The van der Waals surface area contributed by atoms with E-state index in [0.717, 1.165) is 11.1 Å². The molecule has 0 spiro atoms. The van der Waals surface area contributed by atoms with Crippen molar-refractivity contribution in [1.29, 1.82) is 0 Å². The number of aryl methyl sites for hydroxylation is 1. The van der Waals surface area contributed by atoms with E-state index in [9.17, 15) is 14.7 Å². The van der Waals surface area contributed by atoms with E-state index < -0.39 is 17.9 Å². The van der Waals surface area contributed by atoms with Crippen molar-refractivity contribution in [2.75, 3.05) is 0 Å². The predicted molar refractivity (Wildman–Crippen MR) is 72.6 cm³/mol. The molecule has 0 saturated heterocycles. The molecule has 1 aromatic carbocycles. The van der Waals surface area contributed by atoms with Gasteiger partial charge in [-0.25, -0.2) is 4.79 Å². The number of carbonyl (C=O) groups excluding carboxylic acids is 1. The van der Waals surface area contributed by atoms with Gasteiger partial charge in [-0.15, -0.1) is 0 Å². The number of fused-ring (bicyclic) bond motifs is 1. The van der Waals surface area contributed by atoms with Gasteiger partial charge < -0.3 is 10.0 Å². The summed E-state index contributed by atoms with van der Waals surface area (Å²) in [7, 11) is 0. The third kappa shape index (κ3) is 2.26. The highest BCUT2D eigenvalue weighted by Crippen LogP contribution is 2.25. The number of aliphatic carboxylic acids is 1. The van der Waals surface area contributed by atoms with Gasteiger partial charge in [0.1, 0.15) is 6.04 Å². The highest BCUT2D eigenvalue weighted by atomic mass is 16.4. The Morgan fingerprint density at radius 3 is 2.62 bits per heavy atom.